The minimum Gasteiger partial charge on any atom is -0.481 e. The molecule has 4 atom stereocenters. The second-order valence-electron chi connectivity index (χ2n) is 8.14. The molecule has 150 valence electrons. The molecule has 1 aliphatic heterocycles. The van der Waals surface area contributed by atoms with Crippen molar-refractivity contribution in [3.63, 3.8) is 0 Å². The lowest BCUT2D eigenvalue weighted by molar-refractivity contribution is -0.150. The van der Waals surface area contributed by atoms with Crippen molar-refractivity contribution in [1.29, 1.82) is 0 Å². The van der Waals surface area contributed by atoms with E-state index in [0.717, 1.165) is 32.1 Å². The zero-order valence-corrected chi connectivity index (χ0v) is 16.6. The number of ether oxygens (including phenoxy) is 1. The van der Waals surface area contributed by atoms with E-state index in [0.29, 0.717) is 6.42 Å². The van der Waals surface area contributed by atoms with E-state index in [2.05, 4.69) is 17.6 Å². The van der Waals surface area contributed by atoms with E-state index in [1.54, 1.807) is 27.7 Å². The Bertz CT molecular complexity index is 501. The number of unbranched alkanes of at least 4 members (excludes halogenated alkanes) is 4. The predicted octanol–water partition coefficient (Wildman–Crippen LogP) is 3.08. The number of β-lactam (4-membered cyclic amide) rings is 1. The van der Waals surface area contributed by atoms with Crippen molar-refractivity contribution >= 4 is 18.0 Å². The minimum atomic E-state index is -0.903. The van der Waals surface area contributed by atoms with E-state index in [1.807, 2.05) is 0 Å². The van der Waals surface area contributed by atoms with Gasteiger partial charge in [-0.15, -0.1) is 0 Å². The summed E-state index contributed by atoms with van der Waals surface area (Å²) in [5.74, 6) is -2.32. The third kappa shape index (κ3) is 6.84. The number of carbonyl (C=O) groups excluding carboxylic acids is 2. The van der Waals surface area contributed by atoms with Crippen LogP contribution in [-0.4, -0.2) is 40.8 Å². The first kappa shape index (κ1) is 22.3. The maximum Gasteiger partial charge on any atom is 0.407 e. The summed E-state index contributed by atoms with van der Waals surface area (Å²) in [6.45, 7) is 9.12. The van der Waals surface area contributed by atoms with Crippen LogP contribution in [0.4, 0.5) is 4.79 Å². The topological polar surface area (TPSA) is 105 Å². The SMILES string of the molecule is CCCCCCCC(C(=O)O)[C@H]1NC(=O)[C@@H]1[C@@H](C)NC(=O)OC(C)(C)C. The molecule has 7 heteroatoms. The number of carbonyl (C=O) groups is 3. The molecule has 2 amide bonds. The van der Waals surface area contributed by atoms with Gasteiger partial charge >= 0.3 is 12.1 Å². The van der Waals surface area contributed by atoms with Crippen molar-refractivity contribution in [2.75, 3.05) is 0 Å². The molecule has 1 aliphatic rings. The molecule has 0 saturated carbocycles. The summed E-state index contributed by atoms with van der Waals surface area (Å²) < 4.78 is 5.21. The number of carboxylic acids is 1. The molecule has 0 aromatic carbocycles. The number of rotatable bonds is 10. The third-order valence-electron chi connectivity index (χ3n) is 4.65. The van der Waals surface area contributed by atoms with Crippen LogP contribution in [0.15, 0.2) is 0 Å². The van der Waals surface area contributed by atoms with E-state index in [9.17, 15) is 19.5 Å². The number of carboxylic acid groups (broad SMARTS) is 1. The molecule has 1 heterocycles. The second-order valence-corrected chi connectivity index (χ2v) is 8.14. The fourth-order valence-electron chi connectivity index (χ4n) is 3.31. The smallest absolute Gasteiger partial charge is 0.407 e. The number of aliphatic carboxylic acids is 1. The third-order valence-corrected chi connectivity index (χ3v) is 4.65. The number of nitrogens with one attached hydrogen (secondary N) is 2. The first-order chi connectivity index (χ1) is 12.1. The monoisotopic (exact) mass is 370 g/mol. The Hall–Kier alpha value is -1.79. The molecule has 0 radical (unpaired) electrons. The van der Waals surface area contributed by atoms with Crippen LogP contribution in [0.25, 0.3) is 0 Å². The normalized spacial score (nSPS) is 22.0. The zero-order valence-electron chi connectivity index (χ0n) is 16.6. The van der Waals surface area contributed by atoms with E-state index in [-0.39, 0.29) is 5.91 Å². The van der Waals surface area contributed by atoms with Crippen LogP contribution < -0.4 is 10.6 Å². The van der Waals surface area contributed by atoms with Crippen LogP contribution in [0.2, 0.25) is 0 Å². The van der Waals surface area contributed by atoms with Crippen LogP contribution in [0.3, 0.4) is 0 Å². The van der Waals surface area contributed by atoms with Gasteiger partial charge in [-0.2, -0.15) is 0 Å². The van der Waals surface area contributed by atoms with Crippen molar-refractivity contribution in [1.82, 2.24) is 10.6 Å². The predicted molar refractivity (Wildman–Crippen MR) is 98.8 cm³/mol. The summed E-state index contributed by atoms with van der Waals surface area (Å²) in [4.78, 5) is 35.6. The molecule has 1 rings (SSSR count). The van der Waals surface area contributed by atoms with Crippen LogP contribution in [0.1, 0.15) is 73.1 Å². The summed E-state index contributed by atoms with van der Waals surface area (Å²) in [5.41, 5.74) is -0.632. The van der Waals surface area contributed by atoms with Gasteiger partial charge in [0, 0.05) is 6.04 Å². The molecular weight excluding hydrogens is 336 g/mol. The van der Waals surface area contributed by atoms with Crippen LogP contribution in [-0.2, 0) is 14.3 Å². The van der Waals surface area contributed by atoms with Crippen LogP contribution >= 0.6 is 0 Å². The summed E-state index contributed by atoms with van der Waals surface area (Å²) in [6, 6.07) is -0.957. The Labute approximate surface area is 156 Å². The summed E-state index contributed by atoms with van der Waals surface area (Å²) in [7, 11) is 0. The molecule has 1 unspecified atom stereocenters. The average molecular weight is 370 g/mol. The lowest BCUT2D eigenvalue weighted by atomic mass is 9.75. The number of hydrogen-bond donors (Lipinski definition) is 3. The van der Waals surface area contributed by atoms with E-state index in [4.69, 9.17) is 4.74 Å². The van der Waals surface area contributed by atoms with Crippen molar-refractivity contribution in [3.8, 4) is 0 Å². The summed E-state index contributed by atoms with van der Waals surface area (Å²) in [5, 5.41) is 14.9. The highest BCUT2D eigenvalue weighted by molar-refractivity contribution is 5.89. The summed E-state index contributed by atoms with van der Waals surface area (Å²) >= 11 is 0. The Balaban J connectivity index is 2.62. The minimum absolute atomic E-state index is 0.226. The van der Waals surface area contributed by atoms with Gasteiger partial charge < -0.3 is 20.5 Å². The quantitative estimate of drug-likeness (QED) is 0.405. The maximum atomic E-state index is 12.0. The Kier molecular flexibility index (Phi) is 8.37. The van der Waals surface area contributed by atoms with Gasteiger partial charge in [-0.25, -0.2) is 4.79 Å². The molecule has 1 fully saturated rings. The van der Waals surface area contributed by atoms with Crippen molar-refractivity contribution in [2.24, 2.45) is 11.8 Å². The maximum absolute atomic E-state index is 12.0. The standard InChI is InChI=1S/C19H34N2O5/c1-6-7-8-9-10-11-13(17(23)24)15-14(16(22)21-15)12(2)20-18(25)26-19(3,4)5/h12-15H,6-11H2,1-5H3,(H,20,25)(H,21,22)(H,23,24)/t12-,13?,14-,15-/m1/s1. The highest BCUT2D eigenvalue weighted by Crippen LogP contribution is 2.29. The molecule has 26 heavy (non-hydrogen) atoms. The molecule has 0 aromatic heterocycles. The first-order valence-electron chi connectivity index (χ1n) is 9.59. The lowest BCUT2D eigenvalue weighted by Gasteiger charge is -2.43. The van der Waals surface area contributed by atoms with Gasteiger partial charge in [0.2, 0.25) is 5.91 Å². The Morgan fingerprint density at radius 2 is 1.85 bits per heavy atom. The van der Waals surface area contributed by atoms with Crippen LogP contribution in [0, 0.1) is 11.8 Å². The second kappa shape index (κ2) is 9.78. The van der Waals surface area contributed by atoms with E-state index < -0.39 is 41.6 Å². The van der Waals surface area contributed by atoms with Gasteiger partial charge in [0.25, 0.3) is 0 Å². The molecule has 0 aromatic rings. The highest BCUT2D eigenvalue weighted by atomic mass is 16.6. The molecule has 0 bridgehead atoms. The summed E-state index contributed by atoms with van der Waals surface area (Å²) in [6.07, 6.45) is 5.13. The van der Waals surface area contributed by atoms with Gasteiger partial charge in [-0.3, -0.25) is 9.59 Å². The highest BCUT2D eigenvalue weighted by Gasteiger charge is 2.49. The molecule has 1 saturated heterocycles. The fourth-order valence-corrected chi connectivity index (χ4v) is 3.31. The van der Waals surface area contributed by atoms with Gasteiger partial charge in [-0.05, 0) is 34.1 Å². The largest absolute Gasteiger partial charge is 0.481 e. The average Bonchev–Trinajstić information content (AvgIpc) is 2.46. The fraction of sp³-hybridized carbons (Fsp3) is 0.842. The van der Waals surface area contributed by atoms with Crippen molar-refractivity contribution in [2.45, 2.75) is 90.8 Å². The first-order valence-corrected chi connectivity index (χ1v) is 9.59. The van der Waals surface area contributed by atoms with E-state index >= 15 is 0 Å². The molecule has 7 nitrogen and oxygen atoms in total. The number of amides is 2. The molecular formula is C19H34N2O5. The zero-order chi connectivity index (χ0) is 19.9. The Morgan fingerprint density at radius 3 is 2.35 bits per heavy atom. The lowest BCUT2D eigenvalue weighted by Crippen LogP contribution is -2.68. The van der Waals surface area contributed by atoms with Gasteiger partial charge in [0.15, 0.2) is 0 Å². The van der Waals surface area contributed by atoms with E-state index in [1.165, 1.54) is 0 Å². The number of alkyl carbamates (subject to hydrolysis) is 1. The molecule has 0 spiro atoms. The van der Waals surface area contributed by atoms with Gasteiger partial charge in [-0.1, -0.05) is 39.0 Å². The molecule has 0 aliphatic carbocycles. The van der Waals surface area contributed by atoms with Crippen molar-refractivity contribution < 1.29 is 24.2 Å². The number of hydrogen-bond acceptors (Lipinski definition) is 4. The van der Waals surface area contributed by atoms with Gasteiger partial charge in [0.05, 0.1) is 17.9 Å². The van der Waals surface area contributed by atoms with Crippen molar-refractivity contribution in [3.05, 3.63) is 0 Å². The van der Waals surface area contributed by atoms with Gasteiger partial charge in [0.1, 0.15) is 5.60 Å². The molecule has 3 N–H and O–H groups in total. The van der Waals surface area contributed by atoms with Crippen LogP contribution in [0.5, 0.6) is 0 Å². The Morgan fingerprint density at radius 1 is 1.23 bits per heavy atom.